The fourth-order valence-electron chi connectivity index (χ4n) is 1.26. The number of hydrogen-bond donors (Lipinski definition) is 1. The molecule has 2 nitrogen and oxygen atoms in total. The van der Waals surface area contributed by atoms with Crippen LogP contribution in [0.5, 0.6) is 0 Å². The Hall–Kier alpha value is -0.550. The molecule has 1 N–H and O–H groups in total. The molecule has 88 valence electrons. The monoisotopic (exact) mass is 210 g/mol. The quantitative estimate of drug-likeness (QED) is 0.654. The van der Waals surface area contributed by atoms with Gasteiger partial charge in [-0.2, -0.15) is 5.26 Å². The van der Waals surface area contributed by atoms with E-state index in [0.29, 0.717) is 5.41 Å². The molecule has 0 aliphatic heterocycles. The van der Waals surface area contributed by atoms with Crippen LogP contribution in [-0.2, 0) is 0 Å². The van der Waals surface area contributed by atoms with Crippen LogP contribution in [0.2, 0.25) is 0 Å². The molecule has 0 aromatic rings. The maximum atomic E-state index is 8.85. The molecule has 0 unspecified atom stereocenters. The van der Waals surface area contributed by atoms with E-state index in [9.17, 15) is 0 Å². The summed E-state index contributed by atoms with van der Waals surface area (Å²) in [6.07, 6.45) is 3.26. The van der Waals surface area contributed by atoms with Crippen molar-refractivity contribution in [2.75, 3.05) is 13.1 Å². The predicted molar refractivity (Wildman–Crippen MR) is 65.6 cm³/mol. The second-order valence-electron chi connectivity index (χ2n) is 5.79. The molecule has 0 saturated heterocycles. The van der Waals surface area contributed by atoms with E-state index in [2.05, 4.69) is 32.2 Å². The van der Waals surface area contributed by atoms with Crippen molar-refractivity contribution in [3.8, 4) is 6.07 Å². The van der Waals surface area contributed by atoms with E-state index in [4.69, 9.17) is 5.26 Å². The van der Waals surface area contributed by atoms with Crippen molar-refractivity contribution >= 4 is 0 Å². The molecule has 0 aliphatic carbocycles. The zero-order chi connectivity index (χ0) is 11.9. The molecule has 0 spiro atoms. The van der Waals surface area contributed by atoms with Gasteiger partial charge in [0, 0.05) is 6.54 Å². The molecule has 0 saturated carbocycles. The molecule has 0 radical (unpaired) electrons. The average Bonchev–Trinajstić information content (AvgIpc) is 2.17. The first-order valence-electron chi connectivity index (χ1n) is 5.95. The van der Waals surface area contributed by atoms with Crippen molar-refractivity contribution in [1.29, 1.82) is 5.26 Å². The lowest BCUT2D eigenvalue weighted by atomic mass is 9.89. The molecule has 0 aromatic heterocycles. The van der Waals surface area contributed by atoms with E-state index < -0.39 is 0 Å². The molecule has 2 heteroatoms. The summed E-state index contributed by atoms with van der Waals surface area (Å²) in [4.78, 5) is 0. The van der Waals surface area contributed by atoms with Gasteiger partial charge in [-0.25, -0.2) is 0 Å². The molecule has 15 heavy (non-hydrogen) atoms. The topological polar surface area (TPSA) is 35.8 Å². The summed E-state index contributed by atoms with van der Waals surface area (Å²) >= 11 is 0. The molecular weight excluding hydrogens is 184 g/mol. The fraction of sp³-hybridized carbons (Fsp3) is 0.923. The Labute approximate surface area is 95.1 Å². The van der Waals surface area contributed by atoms with Crippen molar-refractivity contribution < 1.29 is 0 Å². The first-order chi connectivity index (χ1) is 6.83. The maximum absolute atomic E-state index is 8.85. The van der Waals surface area contributed by atoms with Gasteiger partial charge in [0.1, 0.15) is 0 Å². The van der Waals surface area contributed by atoms with E-state index in [0.717, 1.165) is 25.9 Å². The molecule has 0 atom stereocenters. The van der Waals surface area contributed by atoms with E-state index in [-0.39, 0.29) is 5.41 Å². The number of nitriles is 1. The lowest BCUT2D eigenvalue weighted by molar-refractivity contribution is 0.322. The third-order valence-corrected chi connectivity index (χ3v) is 3.02. The highest BCUT2D eigenvalue weighted by Gasteiger charge is 2.16. The van der Waals surface area contributed by atoms with Crippen molar-refractivity contribution in [2.24, 2.45) is 10.8 Å². The summed E-state index contributed by atoms with van der Waals surface area (Å²) in [6.45, 7) is 12.9. The van der Waals surface area contributed by atoms with E-state index >= 15 is 0 Å². The summed E-state index contributed by atoms with van der Waals surface area (Å²) in [7, 11) is 0. The molecular formula is C13H26N2. The van der Waals surface area contributed by atoms with Crippen molar-refractivity contribution in [2.45, 2.75) is 53.9 Å². The Bertz CT molecular complexity index is 211. The Morgan fingerprint density at radius 3 is 2.27 bits per heavy atom. The van der Waals surface area contributed by atoms with Crippen LogP contribution in [-0.4, -0.2) is 13.1 Å². The molecule has 0 bridgehead atoms. The number of nitrogens with zero attached hydrogens (tertiary/aromatic N) is 1. The lowest BCUT2D eigenvalue weighted by Gasteiger charge is -2.23. The van der Waals surface area contributed by atoms with Gasteiger partial charge >= 0.3 is 0 Å². The summed E-state index contributed by atoms with van der Waals surface area (Å²) in [5.74, 6) is 0. The first kappa shape index (κ1) is 14.5. The molecule has 0 rings (SSSR count). The fourth-order valence-corrected chi connectivity index (χ4v) is 1.26. The van der Waals surface area contributed by atoms with Gasteiger partial charge in [0.2, 0.25) is 0 Å². The van der Waals surface area contributed by atoms with E-state index in [1.54, 1.807) is 0 Å². The average molecular weight is 210 g/mol. The van der Waals surface area contributed by atoms with E-state index in [1.165, 1.54) is 6.42 Å². The molecule has 0 aliphatic rings. The van der Waals surface area contributed by atoms with Gasteiger partial charge in [0.05, 0.1) is 11.5 Å². The number of rotatable bonds is 7. The summed E-state index contributed by atoms with van der Waals surface area (Å²) < 4.78 is 0. The minimum Gasteiger partial charge on any atom is -0.316 e. The molecule has 0 heterocycles. The summed E-state index contributed by atoms with van der Waals surface area (Å²) in [5.41, 5.74) is 0.229. The third kappa shape index (κ3) is 7.39. The molecule has 0 amide bonds. The van der Waals surface area contributed by atoms with Gasteiger partial charge in [-0.1, -0.05) is 20.8 Å². The predicted octanol–water partition coefficient (Wildman–Crippen LogP) is 3.34. The summed E-state index contributed by atoms with van der Waals surface area (Å²) in [5, 5.41) is 12.3. The van der Waals surface area contributed by atoms with Crippen LogP contribution >= 0.6 is 0 Å². The minimum absolute atomic E-state index is 0.165. The Morgan fingerprint density at radius 1 is 1.20 bits per heavy atom. The zero-order valence-electron chi connectivity index (χ0n) is 11.0. The number of hydrogen-bond acceptors (Lipinski definition) is 2. The lowest BCUT2D eigenvalue weighted by Crippen LogP contribution is -2.29. The minimum atomic E-state index is -0.165. The Morgan fingerprint density at radius 2 is 1.80 bits per heavy atom. The highest BCUT2D eigenvalue weighted by molar-refractivity contribution is 4.91. The number of nitrogens with one attached hydrogen (secondary N) is 1. The van der Waals surface area contributed by atoms with Gasteiger partial charge in [0.25, 0.3) is 0 Å². The third-order valence-electron chi connectivity index (χ3n) is 3.02. The zero-order valence-corrected chi connectivity index (χ0v) is 11.0. The largest absolute Gasteiger partial charge is 0.316 e. The van der Waals surface area contributed by atoms with Crippen molar-refractivity contribution in [3.05, 3.63) is 0 Å². The van der Waals surface area contributed by atoms with Gasteiger partial charge < -0.3 is 5.32 Å². The van der Waals surface area contributed by atoms with Gasteiger partial charge in [-0.3, -0.25) is 0 Å². The van der Waals surface area contributed by atoms with Crippen LogP contribution in [0.4, 0.5) is 0 Å². The standard InChI is InChI=1S/C13H26N2/c1-6-12(2,3)11-15-9-7-8-13(4,5)10-14/h15H,6-9,11H2,1-5H3. The highest BCUT2D eigenvalue weighted by atomic mass is 14.9. The van der Waals surface area contributed by atoms with Crippen LogP contribution in [0.25, 0.3) is 0 Å². The van der Waals surface area contributed by atoms with Crippen LogP contribution in [0, 0.1) is 22.2 Å². The Kier molecular flexibility index (Phi) is 5.90. The Balaban J connectivity index is 3.54. The van der Waals surface area contributed by atoms with Gasteiger partial charge in [-0.15, -0.1) is 0 Å². The highest BCUT2D eigenvalue weighted by Crippen LogP contribution is 2.20. The molecule has 0 aromatic carbocycles. The summed E-state index contributed by atoms with van der Waals surface area (Å²) in [6, 6.07) is 2.33. The second-order valence-corrected chi connectivity index (χ2v) is 5.79. The first-order valence-corrected chi connectivity index (χ1v) is 5.95. The normalized spacial score (nSPS) is 12.5. The van der Waals surface area contributed by atoms with Crippen LogP contribution in [0.15, 0.2) is 0 Å². The van der Waals surface area contributed by atoms with Gasteiger partial charge in [-0.05, 0) is 45.1 Å². The van der Waals surface area contributed by atoms with Gasteiger partial charge in [0.15, 0.2) is 0 Å². The van der Waals surface area contributed by atoms with Crippen molar-refractivity contribution in [1.82, 2.24) is 5.32 Å². The smallest absolute Gasteiger partial charge is 0.0683 e. The van der Waals surface area contributed by atoms with Crippen LogP contribution in [0.3, 0.4) is 0 Å². The van der Waals surface area contributed by atoms with E-state index in [1.807, 2.05) is 13.8 Å². The maximum Gasteiger partial charge on any atom is 0.0683 e. The van der Waals surface area contributed by atoms with Crippen LogP contribution < -0.4 is 5.32 Å². The SMILES string of the molecule is CCC(C)(C)CNCCCC(C)(C)C#N. The second kappa shape index (κ2) is 6.12. The van der Waals surface area contributed by atoms with Crippen molar-refractivity contribution in [3.63, 3.8) is 0 Å². The molecule has 0 fully saturated rings. The van der Waals surface area contributed by atoms with Crippen LogP contribution in [0.1, 0.15) is 53.9 Å².